The topological polar surface area (TPSA) is 91.1 Å². The maximum Gasteiger partial charge on any atom is 0.257 e. The van der Waals surface area contributed by atoms with Crippen LogP contribution in [0.1, 0.15) is 26.3 Å². The van der Waals surface area contributed by atoms with Crippen molar-refractivity contribution in [3.8, 4) is 0 Å². The number of amides is 2. The van der Waals surface area contributed by atoms with Gasteiger partial charge in [-0.05, 0) is 23.8 Å². The fraction of sp³-hybridized carbons (Fsp3) is 0.0714. The van der Waals surface area contributed by atoms with Crippen LogP contribution in [0.3, 0.4) is 0 Å². The highest BCUT2D eigenvalue weighted by molar-refractivity contribution is 6.05. The number of nitrogens with one attached hydrogen (secondary N) is 3. The van der Waals surface area contributed by atoms with E-state index in [9.17, 15) is 14.4 Å². The Balaban J connectivity index is 1.83. The Morgan fingerprint density at radius 3 is 2.75 bits per heavy atom. The molecule has 0 saturated carbocycles. The number of hydrogen-bond acceptors (Lipinski definition) is 3. The normalized spacial score (nSPS) is 12.7. The zero-order valence-electron chi connectivity index (χ0n) is 10.4. The summed E-state index contributed by atoms with van der Waals surface area (Å²) in [5, 5.41) is 5.40. The molecule has 1 aliphatic heterocycles. The van der Waals surface area contributed by atoms with Crippen LogP contribution in [0, 0.1) is 0 Å². The van der Waals surface area contributed by atoms with Gasteiger partial charge in [0.15, 0.2) is 0 Å². The number of carbonyl (C=O) groups excluding carboxylic acids is 2. The van der Waals surface area contributed by atoms with Gasteiger partial charge in [-0.3, -0.25) is 14.4 Å². The summed E-state index contributed by atoms with van der Waals surface area (Å²) in [6.45, 7) is 0.516. The summed E-state index contributed by atoms with van der Waals surface area (Å²) in [6.07, 6.45) is 1.34. The van der Waals surface area contributed by atoms with E-state index >= 15 is 0 Å². The van der Waals surface area contributed by atoms with Gasteiger partial charge in [0.1, 0.15) is 0 Å². The van der Waals surface area contributed by atoms with Crippen molar-refractivity contribution in [3.63, 3.8) is 0 Å². The Morgan fingerprint density at radius 2 is 2.00 bits per heavy atom. The van der Waals surface area contributed by atoms with E-state index in [1.165, 1.54) is 18.3 Å². The summed E-state index contributed by atoms with van der Waals surface area (Å²) >= 11 is 0. The second kappa shape index (κ2) is 4.65. The van der Waals surface area contributed by atoms with Gasteiger partial charge in [0.25, 0.3) is 11.8 Å². The number of pyridine rings is 1. The molecule has 0 unspecified atom stereocenters. The molecule has 0 saturated heterocycles. The van der Waals surface area contributed by atoms with Crippen LogP contribution in [0.4, 0.5) is 5.69 Å². The summed E-state index contributed by atoms with van der Waals surface area (Å²) < 4.78 is 0. The molecule has 1 aliphatic rings. The van der Waals surface area contributed by atoms with Crippen LogP contribution in [0.25, 0.3) is 0 Å². The maximum absolute atomic E-state index is 12.0. The fourth-order valence-corrected chi connectivity index (χ4v) is 2.05. The number of H-pyrrole nitrogens is 1. The molecule has 3 N–H and O–H groups in total. The third kappa shape index (κ3) is 2.18. The van der Waals surface area contributed by atoms with E-state index in [1.54, 1.807) is 18.2 Å². The number of benzene rings is 1. The summed E-state index contributed by atoms with van der Waals surface area (Å²) in [6, 6.07) is 7.90. The minimum Gasteiger partial charge on any atom is -0.348 e. The van der Waals surface area contributed by atoms with E-state index in [1.807, 2.05) is 0 Å². The zero-order chi connectivity index (χ0) is 14.1. The molecule has 0 fully saturated rings. The van der Waals surface area contributed by atoms with E-state index in [4.69, 9.17) is 0 Å². The third-order valence-corrected chi connectivity index (χ3v) is 3.10. The first-order chi connectivity index (χ1) is 9.63. The second-order valence-electron chi connectivity index (χ2n) is 4.45. The van der Waals surface area contributed by atoms with Gasteiger partial charge < -0.3 is 15.6 Å². The first-order valence-corrected chi connectivity index (χ1v) is 6.05. The number of aromatic amines is 1. The predicted octanol–water partition coefficient (Wildman–Crippen LogP) is 0.871. The Labute approximate surface area is 113 Å². The minimum atomic E-state index is -0.348. The molecular formula is C14H11N3O3. The molecule has 2 amide bonds. The highest BCUT2D eigenvalue weighted by Crippen LogP contribution is 2.20. The summed E-state index contributed by atoms with van der Waals surface area (Å²) in [7, 11) is 0. The van der Waals surface area contributed by atoms with Gasteiger partial charge >= 0.3 is 0 Å². The molecule has 0 spiro atoms. The molecule has 0 aliphatic carbocycles. The molecule has 100 valence electrons. The summed E-state index contributed by atoms with van der Waals surface area (Å²) in [5.74, 6) is -0.486. The van der Waals surface area contributed by atoms with Crippen molar-refractivity contribution in [1.82, 2.24) is 10.3 Å². The minimum absolute atomic E-state index is 0.139. The third-order valence-electron chi connectivity index (χ3n) is 3.10. The molecule has 3 rings (SSSR count). The molecule has 0 radical (unpaired) electrons. The molecule has 2 aromatic rings. The molecule has 1 aromatic carbocycles. The van der Waals surface area contributed by atoms with Crippen molar-refractivity contribution in [1.29, 1.82) is 0 Å². The number of anilines is 1. The molecule has 0 atom stereocenters. The van der Waals surface area contributed by atoms with Crippen LogP contribution >= 0.6 is 0 Å². The van der Waals surface area contributed by atoms with Crippen LogP contribution in [0.15, 0.2) is 41.3 Å². The SMILES string of the molecule is O=C(Nc1ccc2c(c1)C(=O)NC2)c1ccc(=O)[nH]c1. The Hall–Kier alpha value is -2.89. The molecular weight excluding hydrogens is 258 g/mol. The highest BCUT2D eigenvalue weighted by atomic mass is 16.2. The highest BCUT2D eigenvalue weighted by Gasteiger charge is 2.19. The van der Waals surface area contributed by atoms with Crippen LogP contribution < -0.4 is 16.2 Å². The van der Waals surface area contributed by atoms with Crippen LogP contribution in [-0.2, 0) is 6.54 Å². The standard InChI is InChI=1S/C14H11N3O3/c18-12-4-2-9(7-15-12)13(19)17-10-3-1-8-6-16-14(20)11(8)5-10/h1-5,7H,6H2,(H,15,18)(H,16,20)(H,17,19). The lowest BCUT2D eigenvalue weighted by Crippen LogP contribution is -2.15. The molecule has 0 bridgehead atoms. The predicted molar refractivity (Wildman–Crippen MR) is 72.6 cm³/mol. The second-order valence-corrected chi connectivity index (χ2v) is 4.45. The molecule has 1 aromatic heterocycles. The first kappa shape index (κ1) is 12.2. The Kier molecular flexibility index (Phi) is 2.83. The lowest BCUT2D eigenvalue weighted by Gasteiger charge is -2.06. The Bertz CT molecular complexity index is 744. The van der Waals surface area contributed by atoms with Gasteiger partial charge in [0.2, 0.25) is 5.56 Å². The van der Waals surface area contributed by atoms with Crippen molar-refractivity contribution in [2.24, 2.45) is 0 Å². The number of fused-ring (bicyclic) bond motifs is 1. The van der Waals surface area contributed by atoms with Gasteiger partial charge in [-0.15, -0.1) is 0 Å². The summed E-state index contributed by atoms with van der Waals surface area (Å²) in [4.78, 5) is 36.9. The van der Waals surface area contributed by atoms with Crippen LogP contribution in [0.5, 0.6) is 0 Å². The van der Waals surface area contributed by atoms with Crippen molar-refractivity contribution >= 4 is 17.5 Å². The smallest absolute Gasteiger partial charge is 0.257 e. The van der Waals surface area contributed by atoms with E-state index in [2.05, 4.69) is 15.6 Å². The van der Waals surface area contributed by atoms with Crippen molar-refractivity contribution in [2.75, 3.05) is 5.32 Å². The van der Waals surface area contributed by atoms with Gasteiger partial charge in [-0.25, -0.2) is 0 Å². The average Bonchev–Trinajstić information content (AvgIpc) is 2.81. The molecule has 6 nitrogen and oxygen atoms in total. The lowest BCUT2D eigenvalue weighted by molar-refractivity contribution is 0.0964. The molecule has 2 heterocycles. The van der Waals surface area contributed by atoms with Crippen LogP contribution in [-0.4, -0.2) is 16.8 Å². The van der Waals surface area contributed by atoms with Crippen LogP contribution in [0.2, 0.25) is 0 Å². The van der Waals surface area contributed by atoms with Crippen molar-refractivity contribution < 1.29 is 9.59 Å². The number of carbonyl (C=O) groups is 2. The number of hydrogen-bond donors (Lipinski definition) is 3. The fourth-order valence-electron chi connectivity index (χ4n) is 2.05. The number of rotatable bonds is 2. The van der Waals surface area contributed by atoms with Gasteiger partial charge in [-0.2, -0.15) is 0 Å². The van der Waals surface area contributed by atoms with Gasteiger partial charge in [0.05, 0.1) is 5.56 Å². The van der Waals surface area contributed by atoms with Gasteiger partial charge in [0, 0.05) is 30.1 Å². The molecule has 20 heavy (non-hydrogen) atoms. The maximum atomic E-state index is 12.0. The van der Waals surface area contributed by atoms with E-state index in [0.717, 1.165) is 5.56 Å². The van der Waals surface area contributed by atoms with Gasteiger partial charge in [-0.1, -0.05) is 6.07 Å². The van der Waals surface area contributed by atoms with Crippen molar-refractivity contribution in [3.05, 3.63) is 63.6 Å². The van der Waals surface area contributed by atoms with E-state index < -0.39 is 0 Å². The number of aromatic nitrogens is 1. The van der Waals surface area contributed by atoms with E-state index in [-0.39, 0.29) is 17.4 Å². The summed E-state index contributed by atoms with van der Waals surface area (Å²) in [5.41, 5.74) is 2.10. The largest absolute Gasteiger partial charge is 0.348 e. The van der Waals surface area contributed by atoms with E-state index in [0.29, 0.717) is 23.4 Å². The van der Waals surface area contributed by atoms with Crippen molar-refractivity contribution in [2.45, 2.75) is 6.54 Å². The molecule has 6 heteroatoms. The average molecular weight is 269 g/mol. The first-order valence-electron chi connectivity index (χ1n) is 6.05. The monoisotopic (exact) mass is 269 g/mol. The Morgan fingerprint density at radius 1 is 1.15 bits per heavy atom. The quantitative estimate of drug-likeness (QED) is 0.755. The lowest BCUT2D eigenvalue weighted by atomic mass is 10.1. The zero-order valence-corrected chi connectivity index (χ0v) is 10.4.